The van der Waals surface area contributed by atoms with Crippen LogP contribution >= 0.6 is 23.4 Å². The van der Waals surface area contributed by atoms with Gasteiger partial charge >= 0.3 is 0 Å². The molecule has 0 N–H and O–H groups in total. The van der Waals surface area contributed by atoms with Crippen molar-refractivity contribution in [3.05, 3.63) is 41.5 Å². The molecule has 0 unspecified atom stereocenters. The number of ether oxygens (including phenoxy) is 1. The fourth-order valence-corrected chi connectivity index (χ4v) is 2.79. The summed E-state index contributed by atoms with van der Waals surface area (Å²) in [6, 6.07) is 4.96. The van der Waals surface area contributed by atoms with Crippen molar-refractivity contribution < 1.29 is 9.13 Å². The quantitative estimate of drug-likeness (QED) is 0.623. The van der Waals surface area contributed by atoms with Crippen LogP contribution in [0.15, 0.2) is 29.6 Å². The number of methoxy groups -OCH3 is 1. The van der Waals surface area contributed by atoms with E-state index in [1.54, 1.807) is 24.0 Å². The number of rotatable bonds is 5. The second-order valence-corrected chi connectivity index (χ2v) is 5.19. The van der Waals surface area contributed by atoms with Gasteiger partial charge in [-0.05, 0) is 17.7 Å². The number of benzene rings is 1. The molecule has 0 aliphatic heterocycles. The minimum absolute atomic E-state index is 0.259. The van der Waals surface area contributed by atoms with Crippen molar-refractivity contribution in [1.29, 1.82) is 0 Å². The first-order chi connectivity index (χ1) is 9.15. The Morgan fingerprint density at radius 1 is 1.47 bits per heavy atom. The van der Waals surface area contributed by atoms with Crippen LogP contribution in [0.5, 0.6) is 5.75 Å². The van der Waals surface area contributed by atoms with Gasteiger partial charge in [0.1, 0.15) is 0 Å². The first-order valence-electron chi connectivity index (χ1n) is 5.67. The van der Waals surface area contributed by atoms with E-state index in [1.165, 1.54) is 13.2 Å². The van der Waals surface area contributed by atoms with Crippen LogP contribution in [0.3, 0.4) is 0 Å². The van der Waals surface area contributed by atoms with Gasteiger partial charge in [-0.1, -0.05) is 17.8 Å². The topological polar surface area (TPSA) is 27.1 Å². The predicted octanol–water partition coefficient (Wildman–Crippen LogP) is 3.60. The third-order valence-electron chi connectivity index (χ3n) is 2.76. The first-order valence-corrected chi connectivity index (χ1v) is 7.19. The number of nitrogens with zero attached hydrogens (tertiary/aromatic N) is 2. The van der Waals surface area contributed by atoms with Gasteiger partial charge < -0.3 is 9.30 Å². The molecule has 1 aromatic heterocycles. The minimum atomic E-state index is -0.345. The highest BCUT2D eigenvalue weighted by molar-refractivity contribution is 7.98. The summed E-state index contributed by atoms with van der Waals surface area (Å²) in [5, 5.41) is 0.867. The van der Waals surface area contributed by atoms with Gasteiger partial charge in [0.25, 0.3) is 0 Å². The molecule has 0 bridgehead atoms. The maximum absolute atomic E-state index is 13.5. The highest BCUT2D eigenvalue weighted by Gasteiger charge is 2.08. The highest BCUT2D eigenvalue weighted by atomic mass is 35.5. The molecule has 102 valence electrons. The standard InChI is InChI=1S/C13H14ClFN2OS/c1-17-10(6-14)7-16-13(17)19-8-9-3-4-12(18-2)11(15)5-9/h3-5,7H,6,8H2,1-2H3. The Morgan fingerprint density at radius 2 is 2.26 bits per heavy atom. The summed E-state index contributed by atoms with van der Waals surface area (Å²) in [6.45, 7) is 0. The lowest BCUT2D eigenvalue weighted by molar-refractivity contribution is 0.386. The van der Waals surface area contributed by atoms with Crippen molar-refractivity contribution in [2.75, 3.05) is 7.11 Å². The van der Waals surface area contributed by atoms with E-state index in [-0.39, 0.29) is 11.6 Å². The molecule has 0 saturated heterocycles. The third kappa shape index (κ3) is 3.22. The lowest BCUT2D eigenvalue weighted by Crippen LogP contribution is -1.96. The number of thioether (sulfide) groups is 1. The number of halogens is 2. The smallest absolute Gasteiger partial charge is 0.168 e. The molecule has 0 fully saturated rings. The van der Waals surface area contributed by atoms with Crippen molar-refractivity contribution in [1.82, 2.24) is 9.55 Å². The summed E-state index contributed by atoms with van der Waals surface area (Å²) in [7, 11) is 3.37. The minimum Gasteiger partial charge on any atom is -0.494 e. The predicted molar refractivity (Wildman–Crippen MR) is 75.3 cm³/mol. The zero-order chi connectivity index (χ0) is 13.8. The first kappa shape index (κ1) is 14.2. The highest BCUT2D eigenvalue weighted by Crippen LogP contribution is 2.25. The zero-order valence-electron chi connectivity index (χ0n) is 10.7. The molecule has 2 rings (SSSR count). The average molecular weight is 301 g/mol. The summed E-state index contributed by atoms with van der Waals surface area (Å²) in [5.41, 5.74) is 1.85. The lowest BCUT2D eigenvalue weighted by atomic mass is 10.2. The number of hydrogen-bond acceptors (Lipinski definition) is 3. The summed E-state index contributed by atoms with van der Waals surface area (Å²) in [5.74, 6) is 0.992. The number of hydrogen-bond donors (Lipinski definition) is 0. The Morgan fingerprint density at radius 3 is 2.84 bits per heavy atom. The molecule has 0 atom stereocenters. The number of imidazole rings is 1. The molecule has 0 spiro atoms. The zero-order valence-corrected chi connectivity index (χ0v) is 12.3. The van der Waals surface area contributed by atoms with Gasteiger partial charge in [0.2, 0.25) is 0 Å². The third-order valence-corrected chi connectivity index (χ3v) is 4.15. The Kier molecular flexibility index (Phi) is 4.71. The normalized spacial score (nSPS) is 10.7. The molecule has 6 heteroatoms. The average Bonchev–Trinajstić information content (AvgIpc) is 2.77. The van der Waals surface area contributed by atoms with Gasteiger partial charge in [-0.15, -0.1) is 11.6 Å². The lowest BCUT2D eigenvalue weighted by Gasteiger charge is -2.06. The van der Waals surface area contributed by atoms with E-state index in [2.05, 4.69) is 4.98 Å². The molecule has 0 radical (unpaired) electrons. The SMILES string of the molecule is COc1ccc(CSc2ncc(CCl)n2C)cc1F. The molecule has 0 amide bonds. The summed E-state index contributed by atoms with van der Waals surface area (Å²) < 4.78 is 20.4. The Hall–Kier alpha value is -1.20. The van der Waals surface area contributed by atoms with Crippen LogP contribution in [-0.2, 0) is 18.7 Å². The van der Waals surface area contributed by atoms with Crippen LogP contribution in [-0.4, -0.2) is 16.7 Å². The Balaban J connectivity index is 2.06. The van der Waals surface area contributed by atoms with Crippen LogP contribution in [0.1, 0.15) is 11.3 Å². The second-order valence-electron chi connectivity index (χ2n) is 3.98. The fraction of sp³-hybridized carbons (Fsp3) is 0.308. The van der Waals surface area contributed by atoms with Gasteiger partial charge in [-0.2, -0.15) is 0 Å². The number of alkyl halides is 1. The molecule has 1 heterocycles. The van der Waals surface area contributed by atoms with Crippen LogP contribution in [0.2, 0.25) is 0 Å². The molecule has 3 nitrogen and oxygen atoms in total. The van der Waals surface area contributed by atoms with Crippen LogP contribution in [0.25, 0.3) is 0 Å². The van der Waals surface area contributed by atoms with Crippen LogP contribution in [0.4, 0.5) is 4.39 Å². The number of aromatic nitrogens is 2. The van der Waals surface area contributed by atoms with E-state index in [0.29, 0.717) is 11.6 Å². The van der Waals surface area contributed by atoms with Crippen LogP contribution < -0.4 is 4.74 Å². The van der Waals surface area contributed by atoms with E-state index in [0.717, 1.165) is 16.4 Å². The van der Waals surface area contributed by atoms with Crippen molar-refractivity contribution in [2.45, 2.75) is 16.8 Å². The molecule has 0 aliphatic carbocycles. The van der Waals surface area contributed by atoms with Crippen molar-refractivity contribution in [3.8, 4) is 5.75 Å². The summed E-state index contributed by atoms with van der Waals surface area (Å²) in [4.78, 5) is 4.28. The second kappa shape index (κ2) is 6.30. The van der Waals surface area contributed by atoms with Crippen LogP contribution in [0, 0.1) is 5.82 Å². The summed E-state index contributed by atoms with van der Waals surface area (Å²) in [6.07, 6.45) is 1.75. The van der Waals surface area contributed by atoms with Gasteiger partial charge in [0.05, 0.1) is 24.9 Å². The van der Waals surface area contributed by atoms with E-state index < -0.39 is 0 Å². The Bertz CT molecular complexity index is 574. The molecule has 2 aromatic rings. The van der Waals surface area contributed by atoms with E-state index in [4.69, 9.17) is 16.3 Å². The molecule has 19 heavy (non-hydrogen) atoms. The van der Waals surface area contributed by atoms with Gasteiger partial charge in [0, 0.05) is 12.8 Å². The van der Waals surface area contributed by atoms with E-state index >= 15 is 0 Å². The maximum atomic E-state index is 13.5. The van der Waals surface area contributed by atoms with Crippen molar-refractivity contribution in [2.24, 2.45) is 7.05 Å². The molecule has 1 aromatic carbocycles. The van der Waals surface area contributed by atoms with Crippen molar-refractivity contribution in [3.63, 3.8) is 0 Å². The molecular formula is C13H14ClFN2OS. The van der Waals surface area contributed by atoms with Gasteiger partial charge in [-0.3, -0.25) is 0 Å². The van der Waals surface area contributed by atoms with E-state index in [1.807, 2.05) is 17.7 Å². The van der Waals surface area contributed by atoms with Gasteiger partial charge in [0.15, 0.2) is 16.7 Å². The van der Waals surface area contributed by atoms with Crippen molar-refractivity contribution >= 4 is 23.4 Å². The van der Waals surface area contributed by atoms with Gasteiger partial charge in [-0.25, -0.2) is 9.37 Å². The maximum Gasteiger partial charge on any atom is 0.168 e. The largest absolute Gasteiger partial charge is 0.494 e. The fourth-order valence-electron chi connectivity index (χ4n) is 1.63. The monoisotopic (exact) mass is 300 g/mol. The Labute approximate surface area is 120 Å². The molecule has 0 saturated carbocycles. The molecule has 0 aliphatic rings. The molecular weight excluding hydrogens is 287 g/mol. The van der Waals surface area contributed by atoms with E-state index in [9.17, 15) is 4.39 Å². The summed E-state index contributed by atoms with van der Waals surface area (Å²) >= 11 is 7.33.